The first-order valence-corrected chi connectivity index (χ1v) is 11.0. The molecule has 1 aliphatic heterocycles. The minimum absolute atomic E-state index is 0.199. The van der Waals surface area contributed by atoms with Crippen molar-refractivity contribution in [2.75, 3.05) is 31.5 Å². The molecule has 2 amide bonds. The van der Waals surface area contributed by atoms with E-state index in [4.69, 9.17) is 19.2 Å². The van der Waals surface area contributed by atoms with Crippen LogP contribution in [0.3, 0.4) is 0 Å². The average molecular weight is 452 g/mol. The maximum atomic E-state index is 13.4. The number of aromatic nitrogens is 3. The summed E-state index contributed by atoms with van der Waals surface area (Å²) in [6.45, 7) is 1.05. The van der Waals surface area contributed by atoms with Gasteiger partial charge in [-0.15, -0.1) is 0 Å². The summed E-state index contributed by atoms with van der Waals surface area (Å²) in [6, 6.07) is 12.2. The third kappa shape index (κ3) is 5.19. The molecular weight excluding hydrogens is 422 g/mol. The van der Waals surface area contributed by atoms with Crippen LogP contribution >= 0.6 is 0 Å². The Morgan fingerprint density at radius 3 is 2.48 bits per heavy atom. The van der Waals surface area contributed by atoms with E-state index in [1.54, 1.807) is 68.7 Å². The zero-order valence-corrected chi connectivity index (χ0v) is 19.2. The molecule has 1 aromatic heterocycles. The summed E-state index contributed by atoms with van der Waals surface area (Å²) in [5.41, 5.74) is 1.24. The monoisotopic (exact) mass is 451 g/mol. The molecule has 0 saturated carbocycles. The zero-order valence-electron chi connectivity index (χ0n) is 19.2. The molecule has 2 aromatic carbocycles. The van der Waals surface area contributed by atoms with Crippen LogP contribution in [-0.2, 0) is 19.5 Å². The van der Waals surface area contributed by atoms with Crippen LogP contribution in [0.1, 0.15) is 30.9 Å². The first-order chi connectivity index (χ1) is 16.1. The van der Waals surface area contributed by atoms with Crippen molar-refractivity contribution in [3.8, 4) is 17.2 Å². The number of carbonyl (C=O) groups excluding carboxylic acids is 1. The van der Waals surface area contributed by atoms with Crippen molar-refractivity contribution in [1.82, 2.24) is 14.8 Å². The predicted molar refractivity (Wildman–Crippen MR) is 125 cm³/mol. The van der Waals surface area contributed by atoms with Gasteiger partial charge in [0.15, 0.2) is 5.82 Å². The van der Waals surface area contributed by atoms with Crippen molar-refractivity contribution in [2.45, 2.75) is 38.8 Å². The Kier molecular flexibility index (Phi) is 6.97. The lowest BCUT2D eigenvalue weighted by molar-refractivity contribution is 0.256. The summed E-state index contributed by atoms with van der Waals surface area (Å²) in [7, 11) is 4.75. The number of urea groups is 1. The van der Waals surface area contributed by atoms with Crippen molar-refractivity contribution < 1.29 is 19.0 Å². The first kappa shape index (κ1) is 22.4. The van der Waals surface area contributed by atoms with Crippen LogP contribution in [0, 0.1) is 0 Å². The SMILES string of the molecule is COc1ccc(NC(=O)N(Cc2nc3n(n2)CCCCC3)c2ccc(OC)cc2OC)cc1. The number of hydrogen-bond donors (Lipinski definition) is 1. The van der Waals surface area contributed by atoms with Gasteiger partial charge >= 0.3 is 6.03 Å². The highest BCUT2D eigenvalue weighted by Gasteiger charge is 2.24. The first-order valence-electron chi connectivity index (χ1n) is 11.0. The van der Waals surface area contributed by atoms with Gasteiger partial charge in [-0.05, 0) is 49.2 Å². The van der Waals surface area contributed by atoms with Gasteiger partial charge in [0.25, 0.3) is 0 Å². The van der Waals surface area contributed by atoms with Gasteiger partial charge in [-0.25, -0.2) is 14.5 Å². The molecule has 0 atom stereocenters. The number of nitrogens with zero attached hydrogens (tertiary/aromatic N) is 4. The van der Waals surface area contributed by atoms with E-state index in [0.717, 1.165) is 31.6 Å². The van der Waals surface area contributed by atoms with E-state index in [-0.39, 0.29) is 12.6 Å². The predicted octanol–water partition coefficient (Wildman–Crippen LogP) is 4.27. The fourth-order valence-corrected chi connectivity index (χ4v) is 3.86. The average Bonchev–Trinajstić information content (AvgIpc) is 3.10. The second-order valence-corrected chi connectivity index (χ2v) is 7.76. The van der Waals surface area contributed by atoms with Gasteiger partial charge in [-0.1, -0.05) is 6.42 Å². The zero-order chi connectivity index (χ0) is 23.2. The summed E-state index contributed by atoms with van der Waals surface area (Å²) in [6.07, 6.45) is 4.27. The summed E-state index contributed by atoms with van der Waals surface area (Å²) >= 11 is 0. The van der Waals surface area contributed by atoms with Gasteiger partial charge in [0.2, 0.25) is 0 Å². The van der Waals surface area contributed by atoms with Crippen LogP contribution in [0.5, 0.6) is 17.2 Å². The Morgan fingerprint density at radius 1 is 1.00 bits per heavy atom. The Balaban J connectivity index is 1.65. The molecule has 3 aromatic rings. The van der Waals surface area contributed by atoms with Crippen LogP contribution in [-0.4, -0.2) is 42.1 Å². The van der Waals surface area contributed by atoms with Crippen LogP contribution < -0.4 is 24.4 Å². The van der Waals surface area contributed by atoms with Crippen LogP contribution in [0.4, 0.5) is 16.2 Å². The smallest absolute Gasteiger partial charge is 0.326 e. The normalized spacial score (nSPS) is 12.9. The molecular formula is C24H29N5O4. The van der Waals surface area contributed by atoms with E-state index in [2.05, 4.69) is 10.4 Å². The number of benzene rings is 2. The van der Waals surface area contributed by atoms with Crippen LogP contribution in [0.25, 0.3) is 0 Å². The Morgan fingerprint density at radius 2 is 1.76 bits per heavy atom. The summed E-state index contributed by atoms with van der Waals surface area (Å²) in [4.78, 5) is 19.7. The highest BCUT2D eigenvalue weighted by Crippen LogP contribution is 2.33. The van der Waals surface area contributed by atoms with E-state index >= 15 is 0 Å². The lowest BCUT2D eigenvalue weighted by atomic mass is 10.2. The van der Waals surface area contributed by atoms with E-state index in [1.807, 2.05) is 4.68 Å². The van der Waals surface area contributed by atoms with Crippen molar-refractivity contribution >= 4 is 17.4 Å². The Bertz CT molecular complexity index is 1070. The standard InChI is InChI=1S/C24H29N5O4/c1-31-18-10-8-17(9-11-18)25-24(30)28(20-13-12-19(32-2)15-21(20)33-3)16-22-26-23-7-5-4-6-14-29(23)27-22/h8-13,15H,4-7,14,16H2,1-3H3,(H,25,30). The largest absolute Gasteiger partial charge is 0.497 e. The van der Waals surface area contributed by atoms with Gasteiger partial charge in [0, 0.05) is 24.7 Å². The molecule has 1 N–H and O–H groups in total. The molecule has 1 aliphatic rings. The van der Waals surface area contributed by atoms with E-state index in [9.17, 15) is 4.79 Å². The number of nitrogens with one attached hydrogen (secondary N) is 1. The second kappa shape index (κ2) is 10.2. The molecule has 9 heteroatoms. The number of ether oxygens (including phenoxy) is 3. The molecule has 0 aliphatic carbocycles. The Labute approximate surface area is 193 Å². The quantitative estimate of drug-likeness (QED) is 0.577. The maximum Gasteiger partial charge on any atom is 0.326 e. The van der Waals surface area contributed by atoms with Crippen molar-refractivity contribution in [2.24, 2.45) is 0 Å². The van der Waals surface area contributed by atoms with Gasteiger partial charge in [-0.3, -0.25) is 4.90 Å². The topological polar surface area (TPSA) is 90.7 Å². The van der Waals surface area contributed by atoms with Crippen molar-refractivity contribution in [3.05, 3.63) is 54.1 Å². The number of carbonyl (C=O) groups is 1. The molecule has 4 rings (SSSR count). The van der Waals surface area contributed by atoms with Crippen LogP contribution in [0.2, 0.25) is 0 Å². The molecule has 0 radical (unpaired) electrons. The lowest BCUT2D eigenvalue weighted by Crippen LogP contribution is -2.35. The van der Waals surface area contributed by atoms with E-state index in [1.165, 1.54) is 6.42 Å². The molecule has 0 bridgehead atoms. The number of aryl methyl sites for hydroxylation is 2. The van der Waals surface area contributed by atoms with Crippen molar-refractivity contribution in [1.29, 1.82) is 0 Å². The summed E-state index contributed by atoms with van der Waals surface area (Å²) in [5, 5.41) is 7.63. The van der Waals surface area contributed by atoms with Crippen LogP contribution in [0.15, 0.2) is 42.5 Å². The van der Waals surface area contributed by atoms with Gasteiger partial charge in [0.1, 0.15) is 23.1 Å². The van der Waals surface area contributed by atoms with Gasteiger partial charge in [-0.2, -0.15) is 5.10 Å². The highest BCUT2D eigenvalue weighted by molar-refractivity contribution is 6.02. The van der Waals surface area contributed by atoms with Gasteiger partial charge < -0.3 is 19.5 Å². The number of amides is 2. The molecule has 33 heavy (non-hydrogen) atoms. The third-order valence-corrected chi connectivity index (χ3v) is 5.63. The maximum absolute atomic E-state index is 13.4. The van der Waals surface area contributed by atoms with E-state index < -0.39 is 0 Å². The molecule has 0 saturated heterocycles. The minimum Gasteiger partial charge on any atom is -0.497 e. The summed E-state index contributed by atoms with van der Waals surface area (Å²) in [5.74, 6) is 3.43. The van der Waals surface area contributed by atoms with Gasteiger partial charge in [0.05, 0.1) is 33.6 Å². The molecule has 0 spiro atoms. The fraction of sp³-hybridized carbons (Fsp3) is 0.375. The Hall–Kier alpha value is -3.75. The minimum atomic E-state index is -0.325. The molecule has 0 fully saturated rings. The lowest BCUT2D eigenvalue weighted by Gasteiger charge is -2.24. The third-order valence-electron chi connectivity index (χ3n) is 5.63. The molecule has 174 valence electrons. The number of anilines is 2. The van der Waals surface area contributed by atoms with Crippen molar-refractivity contribution in [3.63, 3.8) is 0 Å². The number of fused-ring (bicyclic) bond motifs is 1. The number of rotatable bonds is 7. The fourth-order valence-electron chi connectivity index (χ4n) is 3.86. The van der Waals surface area contributed by atoms with E-state index in [0.29, 0.717) is 34.4 Å². The second-order valence-electron chi connectivity index (χ2n) is 7.76. The molecule has 2 heterocycles. The molecule has 0 unspecified atom stereocenters. The number of methoxy groups -OCH3 is 3. The summed E-state index contributed by atoms with van der Waals surface area (Å²) < 4.78 is 18.1. The number of hydrogen-bond acceptors (Lipinski definition) is 6. The molecule has 9 nitrogen and oxygen atoms in total. The highest BCUT2D eigenvalue weighted by atomic mass is 16.5.